The summed E-state index contributed by atoms with van der Waals surface area (Å²) in [6.07, 6.45) is 2.72. The lowest BCUT2D eigenvalue weighted by molar-refractivity contribution is 0.552. The van der Waals surface area contributed by atoms with E-state index in [0.717, 1.165) is 18.7 Å². The predicted octanol–water partition coefficient (Wildman–Crippen LogP) is 5.16. The Hall–Kier alpha value is -1.80. The molecule has 2 rings (SSSR count). The summed E-state index contributed by atoms with van der Waals surface area (Å²) in [5, 5.41) is 0.703. The SMILES string of the molecule is CCN(C)C=Nc1cc(C)c(Cc2cccc(C)c2)cc1Cl. The van der Waals surface area contributed by atoms with Crippen molar-refractivity contribution in [2.75, 3.05) is 13.6 Å². The molecule has 116 valence electrons. The van der Waals surface area contributed by atoms with Crippen LogP contribution < -0.4 is 0 Å². The van der Waals surface area contributed by atoms with Gasteiger partial charge in [-0.1, -0.05) is 41.4 Å². The minimum Gasteiger partial charge on any atom is -0.366 e. The van der Waals surface area contributed by atoms with Gasteiger partial charge in [0.1, 0.15) is 0 Å². The molecule has 0 radical (unpaired) electrons. The number of hydrogen-bond donors (Lipinski definition) is 0. The molecule has 0 amide bonds. The average molecular weight is 315 g/mol. The molecule has 0 saturated carbocycles. The fraction of sp³-hybridized carbons (Fsp3) is 0.316. The van der Waals surface area contributed by atoms with Gasteiger partial charge in [0.2, 0.25) is 0 Å². The molecule has 0 bridgehead atoms. The van der Waals surface area contributed by atoms with Crippen LogP contribution in [0.2, 0.25) is 5.02 Å². The number of aliphatic imine (C=N–C) groups is 1. The summed E-state index contributed by atoms with van der Waals surface area (Å²) in [6.45, 7) is 7.24. The Balaban J connectivity index is 2.24. The molecule has 0 aliphatic rings. The molecule has 0 aromatic heterocycles. The van der Waals surface area contributed by atoms with Gasteiger partial charge in [-0.25, -0.2) is 4.99 Å². The number of halogens is 1. The van der Waals surface area contributed by atoms with E-state index >= 15 is 0 Å². The molecular formula is C19H23ClN2. The Morgan fingerprint density at radius 2 is 1.95 bits per heavy atom. The third kappa shape index (κ3) is 4.35. The maximum Gasteiger partial charge on any atom is 0.0910 e. The first kappa shape index (κ1) is 16.6. The maximum atomic E-state index is 6.39. The average Bonchev–Trinajstić information content (AvgIpc) is 2.49. The van der Waals surface area contributed by atoms with E-state index in [1.165, 1.54) is 22.3 Å². The Bertz CT molecular complexity index is 677. The van der Waals surface area contributed by atoms with E-state index in [4.69, 9.17) is 11.6 Å². The van der Waals surface area contributed by atoms with Crippen molar-refractivity contribution < 1.29 is 0 Å². The van der Waals surface area contributed by atoms with Crippen LogP contribution in [0.15, 0.2) is 41.4 Å². The van der Waals surface area contributed by atoms with Crippen molar-refractivity contribution in [2.45, 2.75) is 27.2 Å². The van der Waals surface area contributed by atoms with E-state index < -0.39 is 0 Å². The zero-order valence-electron chi connectivity index (χ0n) is 13.7. The maximum absolute atomic E-state index is 6.39. The van der Waals surface area contributed by atoms with Crippen molar-refractivity contribution >= 4 is 23.6 Å². The highest BCUT2D eigenvalue weighted by Crippen LogP contribution is 2.29. The fourth-order valence-electron chi connectivity index (χ4n) is 2.28. The summed E-state index contributed by atoms with van der Waals surface area (Å²) < 4.78 is 0. The molecule has 0 atom stereocenters. The highest BCUT2D eigenvalue weighted by atomic mass is 35.5. The van der Waals surface area contributed by atoms with Gasteiger partial charge in [0, 0.05) is 13.6 Å². The fourth-order valence-corrected chi connectivity index (χ4v) is 2.52. The molecule has 3 heteroatoms. The van der Waals surface area contributed by atoms with Crippen LogP contribution in [0.25, 0.3) is 0 Å². The smallest absolute Gasteiger partial charge is 0.0910 e. The minimum absolute atomic E-state index is 0.703. The van der Waals surface area contributed by atoms with Crippen LogP contribution in [-0.2, 0) is 6.42 Å². The minimum atomic E-state index is 0.703. The zero-order valence-corrected chi connectivity index (χ0v) is 14.5. The third-order valence-electron chi connectivity index (χ3n) is 3.78. The highest BCUT2D eigenvalue weighted by Gasteiger charge is 2.06. The first-order valence-corrected chi connectivity index (χ1v) is 7.96. The van der Waals surface area contributed by atoms with Crippen molar-refractivity contribution in [1.82, 2.24) is 4.90 Å². The topological polar surface area (TPSA) is 15.6 Å². The zero-order chi connectivity index (χ0) is 16.1. The van der Waals surface area contributed by atoms with Gasteiger partial charge in [0.25, 0.3) is 0 Å². The first-order chi connectivity index (χ1) is 10.5. The molecule has 0 aliphatic heterocycles. The van der Waals surface area contributed by atoms with Crippen LogP contribution in [0.4, 0.5) is 5.69 Å². The van der Waals surface area contributed by atoms with E-state index in [9.17, 15) is 0 Å². The second kappa shape index (κ2) is 7.46. The lowest BCUT2D eigenvalue weighted by atomic mass is 9.99. The van der Waals surface area contributed by atoms with Crippen molar-refractivity contribution in [2.24, 2.45) is 4.99 Å². The van der Waals surface area contributed by atoms with Gasteiger partial charge >= 0.3 is 0 Å². The van der Waals surface area contributed by atoms with Gasteiger partial charge in [-0.2, -0.15) is 0 Å². The van der Waals surface area contributed by atoms with Crippen LogP contribution in [0.1, 0.15) is 29.2 Å². The molecule has 2 aromatic rings. The lowest BCUT2D eigenvalue weighted by Crippen LogP contribution is -2.14. The lowest BCUT2D eigenvalue weighted by Gasteiger charge is -2.11. The van der Waals surface area contributed by atoms with E-state index in [0.29, 0.717) is 5.02 Å². The molecule has 2 aromatic carbocycles. The van der Waals surface area contributed by atoms with Crippen LogP contribution in [0, 0.1) is 13.8 Å². The van der Waals surface area contributed by atoms with E-state index in [2.05, 4.69) is 56.1 Å². The Morgan fingerprint density at radius 1 is 1.18 bits per heavy atom. The van der Waals surface area contributed by atoms with Gasteiger partial charge < -0.3 is 4.90 Å². The van der Waals surface area contributed by atoms with Crippen molar-refractivity contribution in [3.05, 3.63) is 63.7 Å². The molecule has 2 nitrogen and oxygen atoms in total. The van der Waals surface area contributed by atoms with Gasteiger partial charge in [0.05, 0.1) is 17.0 Å². The highest BCUT2D eigenvalue weighted by molar-refractivity contribution is 6.33. The number of rotatable bonds is 5. The summed E-state index contributed by atoms with van der Waals surface area (Å²) in [7, 11) is 2.00. The molecule has 0 fully saturated rings. The molecule has 0 unspecified atom stereocenters. The second-order valence-corrected chi connectivity index (χ2v) is 6.12. The standard InChI is InChI=1S/C19H23ClN2/c1-5-22(4)13-21-19-10-15(3)17(12-18(19)20)11-16-8-6-7-14(2)9-16/h6-10,12-13H,5,11H2,1-4H3. The van der Waals surface area contributed by atoms with Gasteiger partial charge in [-0.05, 0) is 56.0 Å². The Labute approximate surface area is 138 Å². The molecule has 0 aliphatic carbocycles. The molecule has 0 N–H and O–H groups in total. The molecule has 0 saturated heterocycles. The summed E-state index contributed by atoms with van der Waals surface area (Å²) in [4.78, 5) is 6.49. The number of aryl methyl sites for hydroxylation is 2. The Morgan fingerprint density at radius 3 is 2.64 bits per heavy atom. The van der Waals surface area contributed by atoms with Gasteiger partial charge in [-0.15, -0.1) is 0 Å². The summed E-state index contributed by atoms with van der Waals surface area (Å²) in [6, 6.07) is 12.7. The summed E-state index contributed by atoms with van der Waals surface area (Å²) >= 11 is 6.39. The van der Waals surface area contributed by atoms with Gasteiger partial charge in [-0.3, -0.25) is 0 Å². The number of hydrogen-bond acceptors (Lipinski definition) is 1. The molecular weight excluding hydrogens is 292 g/mol. The van der Waals surface area contributed by atoms with E-state index in [1.54, 1.807) is 0 Å². The van der Waals surface area contributed by atoms with Crippen LogP contribution in [0.5, 0.6) is 0 Å². The van der Waals surface area contributed by atoms with Crippen LogP contribution in [-0.4, -0.2) is 24.8 Å². The first-order valence-electron chi connectivity index (χ1n) is 7.58. The molecule has 0 spiro atoms. The van der Waals surface area contributed by atoms with Crippen molar-refractivity contribution in [3.63, 3.8) is 0 Å². The normalized spacial score (nSPS) is 11.1. The third-order valence-corrected chi connectivity index (χ3v) is 4.08. The predicted molar refractivity (Wildman–Crippen MR) is 96.6 cm³/mol. The van der Waals surface area contributed by atoms with Crippen LogP contribution in [0.3, 0.4) is 0 Å². The number of benzene rings is 2. The molecule has 22 heavy (non-hydrogen) atoms. The summed E-state index contributed by atoms with van der Waals surface area (Å²) in [5.74, 6) is 0. The quantitative estimate of drug-likeness (QED) is 0.550. The largest absolute Gasteiger partial charge is 0.366 e. The Kier molecular flexibility index (Phi) is 5.62. The van der Waals surface area contributed by atoms with E-state index in [1.807, 2.05) is 24.4 Å². The van der Waals surface area contributed by atoms with Crippen molar-refractivity contribution in [3.8, 4) is 0 Å². The second-order valence-electron chi connectivity index (χ2n) is 5.71. The number of nitrogens with zero attached hydrogens (tertiary/aromatic N) is 2. The van der Waals surface area contributed by atoms with E-state index in [-0.39, 0.29) is 0 Å². The van der Waals surface area contributed by atoms with Crippen molar-refractivity contribution in [1.29, 1.82) is 0 Å². The molecule has 0 heterocycles. The van der Waals surface area contributed by atoms with Gasteiger partial charge in [0.15, 0.2) is 0 Å². The van der Waals surface area contributed by atoms with Crippen LogP contribution >= 0.6 is 11.6 Å². The monoisotopic (exact) mass is 314 g/mol. The summed E-state index contributed by atoms with van der Waals surface area (Å²) in [5.41, 5.74) is 5.88.